The van der Waals surface area contributed by atoms with E-state index in [1.54, 1.807) is 60.8 Å². The fraction of sp³-hybridized carbons (Fsp3) is 0.0625. The predicted octanol–water partition coefficient (Wildman–Crippen LogP) is -1.50. The molecule has 0 saturated heterocycles. The van der Waals surface area contributed by atoms with Crippen LogP contribution >= 0.6 is 0 Å². The molecule has 1 atom stereocenters. The van der Waals surface area contributed by atoms with Crippen LogP contribution in [-0.2, 0) is 5.72 Å². The van der Waals surface area contributed by atoms with E-state index in [4.69, 9.17) is 0 Å². The number of aromatic nitrogens is 1. The van der Waals surface area contributed by atoms with Crippen molar-refractivity contribution in [1.29, 1.82) is 0 Å². The van der Waals surface area contributed by atoms with Crippen LogP contribution in [0.4, 0.5) is 0 Å². The third-order valence-electron chi connectivity index (χ3n) is 3.16. The van der Waals surface area contributed by atoms with Crippen molar-refractivity contribution in [3.05, 3.63) is 78.1 Å². The molecule has 1 aromatic heterocycles. The van der Waals surface area contributed by atoms with Gasteiger partial charge in [-0.15, -0.1) is 0 Å². The summed E-state index contributed by atoms with van der Waals surface area (Å²) in [5.74, 6) is -0.0927. The molecular weight excluding hydrogens is 275 g/mol. The first kappa shape index (κ1) is 15.8. The molecule has 4 nitrogen and oxygen atoms in total. The van der Waals surface area contributed by atoms with Crippen molar-refractivity contribution >= 4 is 5.70 Å². The topological polar surface area (TPSA) is 68.2 Å². The SMILES string of the molecule is [Na+].[O-]c1ccccc1C1=CC=CC(O)(c2ccccn2)N1. The molecule has 0 amide bonds. The van der Waals surface area contributed by atoms with Gasteiger partial charge in [0.15, 0.2) is 5.72 Å². The van der Waals surface area contributed by atoms with E-state index in [1.807, 2.05) is 0 Å². The van der Waals surface area contributed by atoms with Gasteiger partial charge in [0.25, 0.3) is 0 Å². The van der Waals surface area contributed by atoms with Crippen LogP contribution in [0.25, 0.3) is 5.70 Å². The molecule has 0 aliphatic carbocycles. The fourth-order valence-electron chi connectivity index (χ4n) is 2.16. The minimum absolute atomic E-state index is 0. The second-order valence-electron chi connectivity index (χ2n) is 4.54. The molecule has 0 radical (unpaired) electrons. The van der Waals surface area contributed by atoms with Crippen molar-refractivity contribution in [1.82, 2.24) is 10.3 Å². The Bertz CT molecular complexity index is 686. The molecule has 3 rings (SSSR count). The molecule has 1 aliphatic rings. The molecule has 2 aromatic rings. The summed E-state index contributed by atoms with van der Waals surface area (Å²) in [6.07, 6.45) is 6.69. The quantitative estimate of drug-likeness (QED) is 0.660. The first-order chi connectivity index (χ1) is 9.69. The molecule has 0 bridgehead atoms. The van der Waals surface area contributed by atoms with Crippen LogP contribution in [0.3, 0.4) is 0 Å². The number of hydrogen-bond acceptors (Lipinski definition) is 4. The maximum absolute atomic E-state index is 11.9. The number of hydrogen-bond donors (Lipinski definition) is 2. The fourth-order valence-corrected chi connectivity index (χ4v) is 2.16. The first-order valence-electron chi connectivity index (χ1n) is 6.27. The van der Waals surface area contributed by atoms with Crippen molar-refractivity contribution < 1.29 is 39.8 Å². The van der Waals surface area contributed by atoms with E-state index < -0.39 is 5.72 Å². The molecule has 100 valence electrons. The van der Waals surface area contributed by atoms with Gasteiger partial charge in [0.1, 0.15) is 0 Å². The molecular formula is C16H13N2NaO2. The molecule has 0 fully saturated rings. The summed E-state index contributed by atoms with van der Waals surface area (Å²) in [4.78, 5) is 4.16. The van der Waals surface area contributed by atoms with E-state index in [-0.39, 0.29) is 35.3 Å². The number of nitrogens with one attached hydrogen (secondary N) is 1. The van der Waals surface area contributed by atoms with Crippen molar-refractivity contribution in [2.24, 2.45) is 0 Å². The number of aliphatic hydroxyl groups is 1. The molecule has 1 aliphatic heterocycles. The van der Waals surface area contributed by atoms with Crippen LogP contribution in [0.2, 0.25) is 0 Å². The van der Waals surface area contributed by atoms with Crippen LogP contribution in [0, 0.1) is 0 Å². The minimum Gasteiger partial charge on any atom is -0.872 e. The number of allylic oxidation sites excluding steroid dienone is 2. The van der Waals surface area contributed by atoms with Crippen LogP contribution < -0.4 is 40.0 Å². The number of rotatable bonds is 2. The van der Waals surface area contributed by atoms with Gasteiger partial charge in [-0.1, -0.05) is 42.2 Å². The normalized spacial score (nSPS) is 20.1. The Morgan fingerprint density at radius 1 is 1.10 bits per heavy atom. The Hall–Kier alpha value is -1.59. The third-order valence-corrected chi connectivity index (χ3v) is 3.16. The second kappa shape index (κ2) is 6.45. The smallest absolute Gasteiger partial charge is 0.872 e. The average Bonchev–Trinajstić information content (AvgIpc) is 2.49. The van der Waals surface area contributed by atoms with E-state index in [9.17, 15) is 10.2 Å². The van der Waals surface area contributed by atoms with E-state index in [0.717, 1.165) is 0 Å². The van der Waals surface area contributed by atoms with Gasteiger partial charge in [-0.2, -0.15) is 0 Å². The van der Waals surface area contributed by atoms with E-state index in [0.29, 0.717) is 17.0 Å². The van der Waals surface area contributed by atoms with Crippen LogP contribution in [0.1, 0.15) is 11.3 Å². The summed E-state index contributed by atoms with van der Waals surface area (Å²) in [5.41, 5.74) is 0.163. The van der Waals surface area contributed by atoms with Gasteiger partial charge in [-0.05, 0) is 29.8 Å². The zero-order valence-corrected chi connectivity index (χ0v) is 13.7. The standard InChI is InChI=1S/C16H14N2O2.Na/c19-14-8-2-1-6-12(14)13-7-5-10-16(20,18-13)15-9-3-4-11-17-15;/h1-11,18-20H;/q;+1/p-1. The van der Waals surface area contributed by atoms with E-state index in [1.165, 1.54) is 6.07 Å². The van der Waals surface area contributed by atoms with Gasteiger partial charge in [0.05, 0.1) is 5.69 Å². The molecule has 0 spiro atoms. The number of nitrogens with zero attached hydrogens (tertiary/aromatic N) is 1. The molecule has 1 aromatic carbocycles. The summed E-state index contributed by atoms with van der Waals surface area (Å²) in [6.45, 7) is 0. The van der Waals surface area contributed by atoms with Gasteiger partial charge in [-0.3, -0.25) is 4.98 Å². The van der Waals surface area contributed by atoms with Crippen LogP contribution in [0.5, 0.6) is 5.75 Å². The van der Waals surface area contributed by atoms with Crippen molar-refractivity contribution in [2.75, 3.05) is 0 Å². The zero-order valence-electron chi connectivity index (χ0n) is 11.7. The van der Waals surface area contributed by atoms with Crippen LogP contribution in [-0.4, -0.2) is 10.1 Å². The molecule has 5 heteroatoms. The Morgan fingerprint density at radius 2 is 1.86 bits per heavy atom. The van der Waals surface area contributed by atoms with Crippen molar-refractivity contribution in [3.8, 4) is 5.75 Å². The zero-order chi connectivity index (χ0) is 14.0. The number of para-hydroxylation sites is 1. The van der Waals surface area contributed by atoms with Gasteiger partial charge in [0, 0.05) is 11.9 Å². The van der Waals surface area contributed by atoms with Gasteiger partial charge < -0.3 is 15.5 Å². The Morgan fingerprint density at radius 3 is 2.57 bits per heavy atom. The predicted molar refractivity (Wildman–Crippen MR) is 74.3 cm³/mol. The van der Waals surface area contributed by atoms with Gasteiger partial charge in [0.2, 0.25) is 0 Å². The summed E-state index contributed by atoms with van der Waals surface area (Å²) in [6, 6.07) is 12.0. The monoisotopic (exact) mass is 288 g/mol. The second-order valence-corrected chi connectivity index (χ2v) is 4.54. The maximum Gasteiger partial charge on any atom is 1.00 e. The Kier molecular flexibility index (Phi) is 4.85. The summed E-state index contributed by atoms with van der Waals surface area (Å²) in [7, 11) is 0. The van der Waals surface area contributed by atoms with Crippen LogP contribution in [0.15, 0.2) is 66.9 Å². The molecule has 0 saturated carbocycles. The summed E-state index contributed by atoms with van der Waals surface area (Å²) in [5, 5.41) is 25.5. The maximum atomic E-state index is 11.9. The van der Waals surface area contributed by atoms with Gasteiger partial charge >= 0.3 is 29.6 Å². The van der Waals surface area contributed by atoms with Crippen molar-refractivity contribution in [2.45, 2.75) is 5.72 Å². The van der Waals surface area contributed by atoms with Crippen molar-refractivity contribution in [3.63, 3.8) is 0 Å². The summed E-state index contributed by atoms with van der Waals surface area (Å²) >= 11 is 0. The Labute approximate surface area is 145 Å². The third kappa shape index (κ3) is 3.19. The van der Waals surface area contributed by atoms with E-state index >= 15 is 0 Å². The van der Waals surface area contributed by atoms with E-state index in [2.05, 4.69) is 10.3 Å². The molecule has 1 unspecified atom stereocenters. The molecule has 21 heavy (non-hydrogen) atoms. The number of benzene rings is 1. The average molecular weight is 288 g/mol. The number of dihydropyridines is 1. The molecule has 2 heterocycles. The number of pyridine rings is 1. The summed E-state index contributed by atoms with van der Waals surface area (Å²) < 4.78 is 0. The molecule has 2 N–H and O–H groups in total. The Balaban J connectivity index is 0.00000161. The van der Waals surface area contributed by atoms with Gasteiger partial charge in [-0.25, -0.2) is 0 Å². The first-order valence-corrected chi connectivity index (χ1v) is 6.27. The largest absolute Gasteiger partial charge is 1.00 e. The minimum atomic E-state index is -1.41.